The number of ether oxygens (including phenoxy) is 2. The molecule has 2 aromatic carbocycles. The number of unbranched alkanes of at least 4 members (excludes halogenated alkanes) is 5. The average molecular weight is 546 g/mol. The Kier molecular flexibility index (Phi) is 20.3. The Labute approximate surface area is 237 Å². The van der Waals surface area contributed by atoms with Crippen LogP contribution in [0.4, 0.5) is 5.69 Å². The largest absolute Gasteiger partial charge is 0.493 e. The molecule has 220 valence electrons. The maximum atomic E-state index is 13.1. The number of esters is 1. The van der Waals surface area contributed by atoms with Gasteiger partial charge in [-0.15, -0.1) is 0 Å². The third-order valence-corrected chi connectivity index (χ3v) is 6.67. The number of aliphatic hydroxyl groups is 1. The van der Waals surface area contributed by atoms with Crippen LogP contribution in [0.3, 0.4) is 0 Å². The van der Waals surface area contributed by atoms with Crippen LogP contribution in [0.15, 0.2) is 48.5 Å². The van der Waals surface area contributed by atoms with Crippen LogP contribution in [-0.2, 0) is 4.74 Å². The summed E-state index contributed by atoms with van der Waals surface area (Å²) in [6.07, 6.45) is 7.06. The SMILES string of the molecule is CC.CCCCCCCCOc1ccccc1C(=O)Nc1ccccc1C(=O)OCC[N+](C)(CC)CC.CO. The minimum absolute atomic E-state index is 0.315. The fraction of sp³-hybridized carbons (Fsp3) is 0.562. The van der Waals surface area contributed by atoms with Crippen LogP contribution in [0.5, 0.6) is 5.75 Å². The first kappa shape index (κ1) is 36.1. The lowest BCUT2D eigenvalue weighted by Crippen LogP contribution is -2.46. The van der Waals surface area contributed by atoms with Crippen LogP contribution in [0, 0.1) is 0 Å². The molecule has 0 bridgehead atoms. The summed E-state index contributed by atoms with van der Waals surface area (Å²) in [5, 5.41) is 9.88. The Morgan fingerprint density at radius 1 is 0.795 bits per heavy atom. The van der Waals surface area contributed by atoms with Crippen molar-refractivity contribution >= 4 is 17.6 Å². The highest BCUT2D eigenvalue weighted by Crippen LogP contribution is 2.22. The van der Waals surface area contributed by atoms with Crippen molar-refractivity contribution in [3.63, 3.8) is 0 Å². The highest BCUT2D eigenvalue weighted by molar-refractivity contribution is 6.09. The van der Waals surface area contributed by atoms with Crippen LogP contribution >= 0.6 is 0 Å². The second kappa shape index (κ2) is 22.0. The van der Waals surface area contributed by atoms with Gasteiger partial charge in [0.1, 0.15) is 18.9 Å². The van der Waals surface area contributed by atoms with Gasteiger partial charge in [0, 0.05) is 7.11 Å². The number of rotatable bonds is 16. The molecule has 0 atom stereocenters. The molecule has 0 aliphatic rings. The molecule has 2 N–H and O–H groups in total. The number of nitrogens with zero attached hydrogens (tertiary/aromatic N) is 1. The van der Waals surface area contributed by atoms with Gasteiger partial charge in [0.05, 0.1) is 43.6 Å². The minimum Gasteiger partial charge on any atom is -0.493 e. The molecule has 0 spiro atoms. The van der Waals surface area contributed by atoms with Gasteiger partial charge < -0.3 is 24.4 Å². The molecule has 0 unspecified atom stereocenters. The normalized spacial score (nSPS) is 10.4. The molecule has 2 rings (SSSR count). The Hall–Kier alpha value is -2.90. The van der Waals surface area contributed by atoms with Gasteiger partial charge in [0.2, 0.25) is 0 Å². The highest BCUT2D eigenvalue weighted by atomic mass is 16.5. The van der Waals surface area contributed by atoms with Crippen molar-refractivity contribution in [1.29, 1.82) is 0 Å². The van der Waals surface area contributed by atoms with E-state index in [0.29, 0.717) is 35.8 Å². The quantitative estimate of drug-likeness (QED) is 0.135. The summed E-state index contributed by atoms with van der Waals surface area (Å²) in [7, 11) is 3.15. The Morgan fingerprint density at radius 2 is 1.36 bits per heavy atom. The number of para-hydroxylation sites is 2. The molecule has 1 amide bonds. The zero-order valence-electron chi connectivity index (χ0n) is 25.4. The van der Waals surface area contributed by atoms with Gasteiger partial charge in [-0.05, 0) is 44.5 Å². The summed E-state index contributed by atoms with van der Waals surface area (Å²) >= 11 is 0. The maximum Gasteiger partial charge on any atom is 0.340 e. The van der Waals surface area contributed by atoms with Gasteiger partial charge in [-0.25, -0.2) is 4.79 Å². The number of carbonyl (C=O) groups excluding carboxylic acids is 2. The van der Waals surface area contributed by atoms with Crippen LogP contribution in [-0.4, -0.2) is 68.5 Å². The number of anilines is 1. The molecule has 0 aliphatic carbocycles. The van der Waals surface area contributed by atoms with E-state index >= 15 is 0 Å². The van der Waals surface area contributed by atoms with Gasteiger partial charge in [0.15, 0.2) is 0 Å². The van der Waals surface area contributed by atoms with Crippen molar-refractivity contribution < 1.29 is 28.7 Å². The predicted molar refractivity (Wildman–Crippen MR) is 162 cm³/mol. The molecule has 7 nitrogen and oxygen atoms in total. The van der Waals surface area contributed by atoms with Crippen LogP contribution in [0.2, 0.25) is 0 Å². The third-order valence-electron chi connectivity index (χ3n) is 6.67. The van der Waals surface area contributed by atoms with E-state index in [-0.39, 0.29) is 5.91 Å². The lowest BCUT2D eigenvalue weighted by atomic mass is 10.1. The number of aliphatic hydroxyl groups excluding tert-OH is 1. The fourth-order valence-electron chi connectivity index (χ4n) is 3.78. The van der Waals surface area contributed by atoms with Gasteiger partial charge in [-0.1, -0.05) is 77.1 Å². The first-order chi connectivity index (χ1) is 18.9. The van der Waals surface area contributed by atoms with E-state index < -0.39 is 5.97 Å². The molecule has 0 heterocycles. The molecule has 0 saturated carbocycles. The Balaban J connectivity index is 0.00000344. The van der Waals surface area contributed by atoms with Crippen molar-refractivity contribution in [1.82, 2.24) is 0 Å². The summed E-state index contributed by atoms with van der Waals surface area (Å²) in [5.41, 5.74) is 1.21. The molecule has 0 fully saturated rings. The van der Waals surface area contributed by atoms with Crippen molar-refractivity contribution in [2.75, 3.05) is 52.3 Å². The molecule has 0 aromatic heterocycles. The molecule has 0 saturated heterocycles. The van der Waals surface area contributed by atoms with E-state index in [1.165, 1.54) is 25.7 Å². The highest BCUT2D eigenvalue weighted by Gasteiger charge is 2.20. The molecular formula is C32H53N2O5+. The Morgan fingerprint density at radius 3 is 2.00 bits per heavy atom. The van der Waals surface area contributed by atoms with E-state index in [2.05, 4.69) is 33.1 Å². The van der Waals surface area contributed by atoms with Crippen LogP contribution in [0.1, 0.15) is 93.9 Å². The van der Waals surface area contributed by atoms with E-state index in [1.807, 2.05) is 32.0 Å². The lowest BCUT2D eigenvalue weighted by molar-refractivity contribution is -0.906. The number of carbonyl (C=O) groups is 2. The van der Waals surface area contributed by atoms with E-state index in [9.17, 15) is 9.59 Å². The van der Waals surface area contributed by atoms with E-state index in [4.69, 9.17) is 14.6 Å². The molecular weight excluding hydrogens is 492 g/mol. The number of amides is 1. The number of nitrogens with one attached hydrogen (secondary N) is 1. The summed E-state index contributed by atoms with van der Waals surface area (Å²) in [5.74, 6) is -0.202. The molecule has 0 radical (unpaired) electrons. The number of hydrogen-bond acceptors (Lipinski definition) is 5. The zero-order valence-corrected chi connectivity index (χ0v) is 25.4. The van der Waals surface area contributed by atoms with Gasteiger partial charge in [0.25, 0.3) is 5.91 Å². The summed E-state index contributed by atoms with van der Waals surface area (Å²) in [6, 6.07) is 14.2. The lowest BCUT2D eigenvalue weighted by Gasteiger charge is -2.31. The van der Waals surface area contributed by atoms with Crippen LogP contribution in [0.25, 0.3) is 0 Å². The molecule has 0 aliphatic heterocycles. The monoisotopic (exact) mass is 545 g/mol. The Bertz CT molecular complexity index is 928. The zero-order chi connectivity index (χ0) is 29.5. The summed E-state index contributed by atoms with van der Waals surface area (Å²) in [6.45, 7) is 14.1. The average Bonchev–Trinajstić information content (AvgIpc) is 2.99. The van der Waals surface area contributed by atoms with E-state index in [1.54, 1.807) is 30.3 Å². The standard InChI is InChI=1S/C29H42N2O4.C2H6.CH4O/c1-5-8-9-10-11-16-22-34-27-20-15-13-18-25(27)28(32)30-26-19-14-12-17-24(26)29(33)35-23-21-31(4,6-2)7-3;2*1-2/h12-15,17-20H,5-11,16,21-23H2,1-4H3;1-2H3;2H,1H3/p+1. The second-order valence-electron chi connectivity index (χ2n) is 9.22. The number of benzene rings is 2. The van der Waals surface area contributed by atoms with Crippen molar-refractivity contribution in [3.8, 4) is 5.75 Å². The first-order valence-corrected chi connectivity index (χ1v) is 14.5. The smallest absolute Gasteiger partial charge is 0.340 e. The van der Waals surface area contributed by atoms with Gasteiger partial charge >= 0.3 is 5.97 Å². The van der Waals surface area contributed by atoms with E-state index in [0.717, 1.165) is 44.1 Å². The van der Waals surface area contributed by atoms with Crippen molar-refractivity contribution in [3.05, 3.63) is 59.7 Å². The number of likely N-dealkylation sites (N-methyl/N-ethyl adjacent to an activating group) is 1. The molecule has 2 aromatic rings. The summed E-state index contributed by atoms with van der Waals surface area (Å²) < 4.78 is 12.3. The number of quaternary nitrogens is 1. The minimum atomic E-state index is -0.438. The molecule has 7 heteroatoms. The third kappa shape index (κ3) is 13.6. The topological polar surface area (TPSA) is 84.9 Å². The van der Waals surface area contributed by atoms with Crippen LogP contribution < -0.4 is 10.1 Å². The maximum absolute atomic E-state index is 13.1. The first-order valence-electron chi connectivity index (χ1n) is 14.5. The predicted octanol–water partition coefficient (Wildman–Crippen LogP) is 6.96. The fourth-order valence-corrected chi connectivity index (χ4v) is 3.78. The second-order valence-corrected chi connectivity index (χ2v) is 9.22. The number of hydrogen-bond donors (Lipinski definition) is 2. The summed E-state index contributed by atoms with van der Waals surface area (Å²) in [4.78, 5) is 25.9. The van der Waals surface area contributed by atoms with Gasteiger partial charge in [-0.2, -0.15) is 0 Å². The van der Waals surface area contributed by atoms with Gasteiger partial charge in [-0.3, -0.25) is 4.79 Å². The van der Waals surface area contributed by atoms with Crippen molar-refractivity contribution in [2.24, 2.45) is 0 Å². The molecule has 39 heavy (non-hydrogen) atoms. The van der Waals surface area contributed by atoms with Crippen molar-refractivity contribution in [2.45, 2.75) is 73.1 Å².